The van der Waals surface area contributed by atoms with Crippen LogP contribution in [0.5, 0.6) is 0 Å². The third kappa shape index (κ3) is 4.33. The van der Waals surface area contributed by atoms with Gasteiger partial charge in [0, 0.05) is 11.1 Å². The number of benzene rings is 1. The monoisotopic (exact) mass is 574 g/mol. The number of hydrogen-bond acceptors (Lipinski definition) is 4. The van der Waals surface area contributed by atoms with Gasteiger partial charge in [0.05, 0.1) is 0 Å². The van der Waals surface area contributed by atoms with E-state index in [1.54, 1.807) is 48.6 Å². The Balaban J connectivity index is 0.000000268. The van der Waals surface area contributed by atoms with Gasteiger partial charge in [-0.25, -0.2) is 0 Å². The summed E-state index contributed by atoms with van der Waals surface area (Å²) in [6.07, 6.45) is 37.1. The van der Waals surface area contributed by atoms with Gasteiger partial charge < -0.3 is 0 Å². The van der Waals surface area contributed by atoms with Crippen molar-refractivity contribution in [1.29, 1.82) is 0 Å². The fraction of sp³-hybridized carbons (Fsp3) is 0.250. The highest BCUT2D eigenvalue weighted by molar-refractivity contribution is 6.05. The van der Waals surface area contributed by atoms with Crippen molar-refractivity contribution in [2.24, 2.45) is 21.7 Å². The maximum atomic E-state index is 12.3. The van der Waals surface area contributed by atoms with E-state index < -0.39 is 0 Å². The SMILES string of the molecule is C#Cc1ccc(C#C)cc1.O=C1C=CC(C23CC4(C5=CC(=O)C=C5)CC(C5=CC(=O)C=C5)(C2)CC(C2=CC(=O)C=C2)(C3)C4)=C1. The summed E-state index contributed by atoms with van der Waals surface area (Å²) in [6.45, 7) is 0. The summed E-state index contributed by atoms with van der Waals surface area (Å²) in [5.41, 5.74) is 4.90. The molecule has 0 saturated heterocycles. The van der Waals surface area contributed by atoms with Crippen LogP contribution in [0.1, 0.15) is 49.7 Å². The van der Waals surface area contributed by atoms with Gasteiger partial charge in [0.25, 0.3) is 0 Å². The average molecular weight is 575 g/mol. The smallest absolute Gasteiger partial charge is 0.178 e. The number of terminal acetylenes is 2. The molecule has 1 aromatic rings. The molecule has 4 nitrogen and oxygen atoms in total. The van der Waals surface area contributed by atoms with Crippen molar-refractivity contribution in [1.82, 2.24) is 0 Å². The Bertz CT molecular complexity index is 1620. The van der Waals surface area contributed by atoms with Gasteiger partial charge in [-0.15, -0.1) is 12.8 Å². The Kier molecular flexibility index (Phi) is 6.14. The summed E-state index contributed by atoms with van der Waals surface area (Å²) < 4.78 is 0. The molecule has 0 heterocycles. The van der Waals surface area contributed by atoms with E-state index in [1.807, 2.05) is 48.6 Å². The molecule has 0 radical (unpaired) electrons. The van der Waals surface area contributed by atoms with Crippen LogP contribution < -0.4 is 0 Å². The molecular formula is C40H30O4. The van der Waals surface area contributed by atoms with Gasteiger partial charge in [-0.05, 0) is 155 Å². The Morgan fingerprint density at radius 2 is 0.636 bits per heavy atom. The molecular weight excluding hydrogens is 544 g/mol. The molecule has 4 saturated carbocycles. The summed E-state index contributed by atoms with van der Waals surface area (Å²) in [4.78, 5) is 49.3. The molecule has 1 aromatic carbocycles. The highest BCUT2D eigenvalue weighted by Crippen LogP contribution is 2.80. The first-order valence-corrected chi connectivity index (χ1v) is 14.9. The van der Waals surface area contributed by atoms with Crippen molar-refractivity contribution in [3.05, 3.63) is 131 Å². The maximum absolute atomic E-state index is 12.3. The highest BCUT2D eigenvalue weighted by atomic mass is 16.1. The minimum absolute atomic E-state index is 0.0170. The van der Waals surface area contributed by atoms with Gasteiger partial charge in [0.15, 0.2) is 23.1 Å². The summed E-state index contributed by atoms with van der Waals surface area (Å²) in [7, 11) is 0. The fourth-order valence-corrected chi connectivity index (χ4v) is 9.53. The number of hydrogen-bond donors (Lipinski definition) is 0. The highest BCUT2D eigenvalue weighted by Gasteiger charge is 2.70. The topological polar surface area (TPSA) is 68.3 Å². The van der Waals surface area contributed by atoms with Crippen LogP contribution in [0.15, 0.2) is 119 Å². The molecule has 0 N–H and O–H groups in total. The molecule has 4 heteroatoms. The average Bonchev–Trinajstić information content (AvgIpc) is 3.82. The van der Waals surface area contributed by atoms with Crippen LogP contribution >= 0.6 is 0 Å². The standard InChI is InChI=1S/C30H24O4.C10H6/c31-23-5-1-19(9-23)27-13-28(20-2-6-24(32)10-20)16-29(14-27,21-3-7-25(33)11-21)18-30(15-27,17-28)22-4-8-26(34)12-22;1-3-9-5-7-10(4-2)8-6-9/h1-12H,13-18H2;1-2,5-8H. The molecule has 4 fully saturated rings. The second kappa shape index (κ2) is 9.73. The minimum atomic E-state index is -0.266. The number of carbonyl (C=O) groups is 4. The van der Waals surface area contributed by atoms with Crippen LogP contribution in [0, 0.1) is 46.3 Å². The molecule has 0 aliphatic heterocycles. The van der Waals surface area contributed by atoms with Crippen molar-refractivity contribution in [3.63, 3.8) is 0 Å². The Hall–Kier alpha value is -5.06. The van der Waals surface area contributed by atoms with Gasteiger partial charge in [-0.2, -0.15) is 0 Å². The summed E-state index contributed by atoms with van der Waals surface area (Å²) >= 11 is 0. The van der Waals surface area contributed by atoms with Crippen molar-refractivity contribution >= 4 is 23.1 Å². The van der Waals surface area contributed by atoms with Crippen LogP contribution in [0.4, 0.5) is 0 Å². The normalized spacial score (nSPS) is 33.6. The van der Waals surface area contributed by atoms with Crippen LogP contribution in [-0.4, -0.2) is 23.1 Å². The Morgan fingerprint density at radius 1 is 0.409 bits per heavy atom. The minimum Gasteiger partial charge on any atom is -0.290 e. The molecule has 0 aromatic heterocycles. The lowest BCUT2D eigenvalue weighted by atomic mass is 9.31. The van der Waals surface area contributed by atoms with E-state index in [-0.39, 0.29) is 44.8 Å². The number of allylic oxidation sites excluding steroid dienone is 16. The van der Waals surface area contributed by atoms with Gasteiger partial charge in [0.1, 0.15) is 0 Å². The Morgan fingerprint density at radius 3 is 0.795 bits per heavy atom. The third-order valence-electron chi connectivity index (χ3n) is 10.6. The van der Waals surface area contributed by atoms with Gasteiger partial charge in [-0.3, -0.25) is 19.2 Å². The van der Waals surface area contributed by atoms with E-state index in [0.29, 0.717) is 0 Å². The summed E-state index contributed by atoms with van der Waals surface area (Å²) in [5.74, 6) is 5.09. The van der Waals surface area contributed by atoms with E-state index >= 15 is 0 Å². The largest absolute Gasteiger partial charge is 0.290 e. The zero-order valence-corrected chi connectivity index (χ0v) is 24.3. The predicted octanol–water partition coefficient (Wildman–Crippen LogP) is 6.22. The van der Waals surface area contributed by atoms with Crippen molar-refractivity contribution in [2.75, 3.05) is 0 Å². The molecule has 9 rings (SSSR count). The second-order valence-electron chi connectivity index (χ2n) is 13.4. The molecule has 8 aliphatic carbocycles. The second-order valence-corrected chi connectivity index (χ2v) is 13.4. The molecule has 8 aliphatic rings. The zero-order chi connectivity index (χ0) is 30.7. The summed E-state index contributed by atoms with van der Waals surface area (Å²) in [6, 6.07) is 7.31. The maximum Gasteiger partial charge on any atom is 0.178 e. The first-order chi connectivity index (χ1) is 21.1. The molecule has 0 amide bonds. The number of carbonyl (C=O) groups excluding carboxylic acids is 4. The molecule has 44 heavy (non-hydrogen) atoms. The van der Waals surface area contributed by atoms with E-state index in [1.165, 1.54) is 0 Å². The van der Waals surface area contributed by atoms with E-state index in [2.05, 4.69) is 11.8 Å². The fourth-order valence-electron chi connectivity index (χ4n) is 9.53. The summed E-state index contributed by atoms with van der Waals surface area (Å²) in [5, 5.41) is 0. The van der Waals surface area contributed by atoms with Crippen LogP contribution in [0.25, 0.3) is 0 Å². The van der Waals surface area contributed by atoms with Gasteiger partial charge >= 0.3 is 0 Å². The van der Waals surface area contributed by atoms with Crippen LogP contribution in [0.3, 0.4) is 0 Å². The van der Waals surface area contributed by atoms with Gasteiger partial charge in [-0.1, -0.05) is 36.1 Å². The van der Waals surface area contributed by atoms with Crippen molar-refractivity contribution < 1.29 is 19.2 Å². The molecule has 214 valence electrons. The van der Waals surface area contributed by atoms with Gasteiger partial charge in [0.2, 0.25) is 0 Å². The molecule has 0 atom stereocenters. The Labute approximate surface area is 257 Å². The van der Waals surface area contributed by atoms with E-state index in [9.17, 15) is 19.2 Å². The zero-order valence-electron chi connectivity index (χ0n) is 24.3. The predicted molar refractivity (Wildman–Crippen MR) is 169 cm³/mol. The van der Waals surface area contributed by atoms with Crippen LogP contribution in [-0.2, 0) is 19.2 Å². The first kappa shape index (κ1) is 27.8. The lowest BCUT2D eigenvalue weighted by Gasteiger charge is -2.72. The number of rotatable bonds is 4. The number of ketones is 4. The third-order valence-corrected chi connectivity index (χ3v) is 10.6. The van der Waals surface area contributed by atoms with Crippen LogP contribution in [0.2, 0.25) is 0 Å². The first-order valence-electron chi connectivity index (χ1n) is 14.9. The lowest BCUT2D eigenvalue weighted by molar-refractivity contribution is -0.143. The molecule has 0 unspecified atom stereocenters. The van der Waals surface area contributed by atoms with Crippen molar-refractivity contribution in [3.8, 4) is 24.7 Å². The quantitative estimate of drug-likeness (QED) is 0.400. The lowest BCUT2D eigenvalue weighted by Crippen LogP contribution is -2.62. The molecule has 0 spiro atoms. The van der Waals surface area contributed by atoms with Crippen molar-refractivity contribution in [2.45, 2.75) is 38.5 Å². The van der Waals surface area contributed by atoms with E-state index in [0.717, 1.165) is 71.9 Å². The molecule has 4 bridgehead atoms. The van der Waals surface area contributed by atoms with E-state index in [4.69, 9.17) is 12.8 Å².